The Hall–Kier alpha value is -1.45. The number of rotatable bonds is 11. The highest BCUT2D eigenvalue weighted by Crippen LogP contribution is 2.56. The minimum Gasteiger partial charge on any atom is -0.248 e. The molecular formula is C12H7F19O3. The van der Waals surface area contributed by atoms with E-state index >= 15 is 0 Å². The van der Waals surface area contributed by atoms with E-state index in [2.05, 4.69) is 4.74 Å². The van der Waals surface area contributed by atoms with Gasteiger partial charge in [-0.1, -0.05) is 13.8 Å². The van der Waals surface area contributed by atoms with Crippen LogP contribution < -0.4 is 0 Å². The molecule has 0 bridgehead atoms. The molecule has 22 heteroatoms. The molecular weight excluding hydrogens is 553 g/mol. The zero-order valence-electron chi connectivity index (χ0n) is 15.5. The molecule has 0 rings (SSSR count). The Morgan fingerprint density at radius 3 is 0.912 bits per heavy atom. The van der Waals surface area contributed by atoms with Gasteiger partial charge in [-0.2, -0.15) is 83.4 Å². The van der Waals surface area contributed by atoms with Gasteiger partial charge < -0.3 is 0 Å². The summed E-state index contributed by atoms with van der Waals surface area (Å²) in [5.41, 5.74) is 0. The Balaban J connectivity index is 6.09. The fourth-order valence-corrected chi connectivity index (χ4v) is 1.27. The van der Waals surface area contributed by atoms with E-state index in [9.17, 15) is 83.4 Å². The highest BCUT2D eigenvalue weighted by Gasteiger charge is 2.85. The van der Waals surface area contributed by atoms with E-state index in [0.717, 1.165) is 0 Å². The van der Waals surface area contributed by atoms with Gasteiger partial charge in [0.05, 0.1) is 0 Å². The van der Waals surface area contributed by atoms with Gasteiger partial charge in [-0.3, -0.25) is 0 Å². The Morgan fingerprint density at radius 2 is 0.647 bits per heavy atom. The zero-order chi connectivity index (χ0) is 28.2. The first kappa shape index (κ1) is 32.5. The van der Waals surface area contributed by atoms with Crippen molar-refractivity contribution >= 4 is 0 Å². The molecule has 0 aliphatic carbocycles. The number of halogens is 19. The molecule has 0 N–H and O–H groups in total. The maximum absolute atomic E-state index is 13.1. The van der Waals surface area contributed by atoms with Gasteiger partial charge in [0.1, 0.15) is 0 Å². The van der Waals surface area contributed by atoms with Gasteiger partial charge in [0.25, 0.3) is 0 Å². The van der Waals surface area contributed by atoms with Crippen molar-refractivity contribution in [2.45, 2.75) is 68.5 Å². The molecule has 0 fully saturated rings. The van der Waals surface area contributed by atoms with E-state index in [1.165, 1.54) is 9.47 Å². The lowest BCUT2D eigenvalue weighted by Gasteiger charge is -2.37. The predicted molar refractivity (Wildman–Crippen MR) is 63.7 cm³/mol. The lowest BCUT2D eigenvalue weighted by atomic mass is 10.1. The van der Waals surface area contributed by atoms with Gasteiger partial charge in [0, 0.05) is 5.92 Å². The molecule has 0 aromatic rings. The van der Waals surface area contributed by atoms with Crippen LogP contribution in [0.15, 0.2) is 0 Å². The molecule has 0 saturated carbocycles. The first-order chi connectivity index (χ1) is 14.3. The summed E-state index contributed by atoms with van der Waals surface area (Å²) in [6, 6.07) is 0. The van der Waals surface area contributed by atoms with Crippen molar-refractivity contribution in [1.29, 1.82) is 0 Å². The maximum atomic E-state index is 13.1. The van der Waals surface area contributed by atoms with E-state index in [0.29, 0.717) is 13.8 Å². The van der Waals surface area contributed by atoms with Gasteiger partial charge in [-0.25, -0.2) is 14.2 Å². The van der Waals surface area contributed by atoms with Crippen LogP contribution in [0.2, 0.25) is 0 Å². The third-order valence-corrected chi connectivity index (χ3v) is 3.24. The van der Waals surface area contributed by atoms with Crippen molar-refractivity contribution in [2.75, 3.05) is 0 Å². The van der Waals surface area contributed by atoms with Gasteiger partial charge in [-0.05, 0) is 0 Å². The molecule has 0 aliphatic heterocycles. The van der Waals surface area contributed by atoms with Gasteiger partial charge in [-0.15, -0.1) is 0 Å². The molecule has 0 heterocycles. The van der Waals surface area contributed by atoms with Crippen LogP contribution in [0.1, 0.15) is 13.8 Å². The second-order valence-electron chi connectivity index (χ2n) is 6.25. The first-order valence-electron chi connectivity index (χ1n) is 7.51. The summed E-state index contributed by atoms with van der Waals surface area (Å²) < 4.78 is 248. The molecule has 206 valence electrons. The van der Waals surface area contributed by atoms with E-state index in [1.54, 1.807) is 0 Å². The molecule has 0 saturated heterocycles. The summed E-state index contributed by atoms with van der Waals surface area (Å²) in [6.07, 6.45) is -50.9. The number of alkyl halides is 19. The molecule has 0 spiro atoms. The van der Waals surface area contributed by atoms with Crippen LogP contribution in [0.3, 0.4) is 0 Å². The lowest BCUT2D eigenvalue weighted by Crippen LogP contribution is -2.65. The van der Waals surface area contributed by atoms with Crippen LogP contribution in [0.4, 0.5) is 83.4 Å². The molecule has 3 nitrogen and oxygen atoms in total. The number of hydrogen-bond donors (Lipinski definition) is 0. The molecule has 0 unspecified atom stereocenters. The van der Waals surface area contributed by atoms with Crippen molar-refractivity contribution < 1.29 is 97.6 Å². The molecule has 0 atom stereocenters. The van der Waals surface area contributed by atoms with E-state index < -0.39 is 60.6 Å². The lowest BCUT2D eigenvalue weighted by molar-refractivity contribution is -0.570. The highest BCUT2D eigenvalue weighted by molar-refractivity contribution is 4.97. The minimum atomic E-state index is -8.15. The largest absolute Gasteiger partial charge is 0.460 e. The Morgan fingerprint density at radius 1 is 0.382 bits per heavy atom. The zero-order valence-corrected chi connectivity index (χ0v) is 15.5. The monoisotopic (exact) mass is 560 g/mol. The maximum Gasteiger partial charge on any atom is 0.460 e. The molecule has 0 radical (unpaired) electrons. The third kappa shape index (κ3) is 5.85. The van der Waals surface area contributed by atoms with Gasteiger partial charge >= 0.3 is 54.7 Å². The van der Waals surface area contributed by atoms with Crippen molar-refractivity contribution in [3.63, 3.8) is 0 Å². The fraction of sp³-hybridized carbons (Fsp3) is 1.00. The Kier molecular flexibility index (Phi) is 8.22. The van der Waals surface area contributed by atoms with Crippen LogP contribution >= 0.6 is 0 Å². The molecule has 34 heavy (non-hydrogen) atoms. The average molecular weight is 560 g/mol. The summed E-state index contributed by atoms with van der Waals surface area (Å²) in [6.45, 7) is 0.620. The van der Waals surface area contributed by atoms with Crippen molar-refractivity contribution in [2.24, 2.45) is 5.92 Å². The SMILES string of the molecule is CC(C)C(F)(F)OC(F)(F)C(F)(F)OC(F)(F)C(F)(F)OC(F)(F)C(F)(F)C(F)(F)C(F)(F)F. The predicted octanol–water partition coefficient (Wildman–Crippen LogP) is 7.08. The Bertz CT molecular complexity index is 710. The van der Waals surface area contributed by atoms with Crippen LogP contribution in [0.5, 0.6) is 0 Å². The average Bonchev–Trinajstić information content (AvgIpc) is 2.49. The highest BCUT2D eigenvalue weighted by atomic mass is 19.4. The van der Waals surface area contributed by atoms with Gasteiger partial charge in [0.15, 0.2) is 0 Å². The van der Waals surface area contributed by atoms with Crippen LogP contribution in [-0.4, -0.2) is 54.7 Å². The standard InChI is InChI=1S/C12H7F19O3/c1-3(2)4(13,14)32-9(24,25)10(26,27)34-12(30,31)11(28,29)33-8(22,23)6(17,18)5(15,16)7(19,20)21/h3H,1-2H3. The van der Waals surface area contributed by atoms with E-state index in [1.807, 2.05) is 0 Å². The number of ether oxygens (including phenoxy) is 3. The third-order valence-electron chi connectivity index (χ3n) is 3.24. The van der Waals surface area contributed by atoms with Crippen molar-refractivity contribution in [3.8, 4) is 0 Å². The van der Waals surface area contributed by atoms with Crippen LogP contribution in [0.25, 0.3) is 0 Å². The van der Waals surface area contributed by atoms with E-state index in [-0.39, 0.29) is 0 Å². The summed E-state index contributed by atoms with van der Waals surface area (Å²) >= 11 is 0. The summed E-state index contributed by atoms with van der Waals surface area (Å²) in [7, 11) is 0. The fourth-order valence-electron chi connectivity index (χ4n) is 1.27. The van der Waals surface area contributed by atoms with Crippen LogP contribution in [0, 0.1) is 5.92 Å². The van der Waals surface area contributed by atoms with Crippen molar-refractivity contribution in [3.05, 3.63) is 0 Å². The van der Waals surface area contributed by atoms with E-state index in [4.69, 9.17) is 0 Å². The van der Waals surface area contributed by atoms with Crippen molar-refractivity contribution in [1.82, 2.24) is 0 Å². The summed E-state index contributed by atoms with van der Waals surface area (Å²) in [5, 5.41) is 0. The van der Waals surface area contributed by atoms with Crippen LogP contribution in [-0.2, 0) is 14.2 Å². The smallest absolute Gasteiger partial charge is 0.248 e. The molecule has 0 aliphatic rings. The van der Waals surface area contributed by atoms with Gasteiger partial charge in [0.2, 0.25) is 0 Å². The topological polar surface area (TPSA) is 27.7 Å². The summed E-state index contributed by atoms with van der Waals surface area (Å²) in [5.74, 6) is -18.6. The Labute approximate surface area is 173 Å². The molecule has 0 aromatic carbocycles. The second-order valence-corrected chi connectivity index (χ2v) is 6.25. The molecule has 0 aromatic heterocycles. The molecule has 0 amide bonds. The number of hydrogen-bond acceptors (Lipinski definition) is 3. The minimum absolute atomic E-state index is 0.310. The summed E-state index contributed by atoms with van der Waals surface area (Å²) in [4.78, 5) is 0. The quantitative estimate of drug-likeness (QED) is 0.253. The normalized spacial score (nSPS) is 16.4. The second kappa shape index (κ2) is 8.59. The first-order valence-corrected chi connectivity index (χ1v) is 7.51.